The Labute approximate surface area is 103 Å². The number of carbonyl (C=O) groups excluding carboxylic acids is 1. The predicted molar refractivity (Wildman–Crippen MR) is 67.3 cm³/mol. The predicted octanol–water partition coefficient (Wildman–Crippen LogP) is 0.149. The van der Waals surface area contributed by atoms with Gasteiger partial charge in [-0.15, -0.1) is 0 Å². The molecule has 0 radical (unpaired) electrons. The van der Waals surface area contributed by atoms with Gasteiger partial charge in [-0.1, -0.05) is 19.8 Å². The minimum absolute atomic E-state index is 0.0548. The van der Waals surface area contributed by atoms with Crippen LogP contribution in [-0.4, -0.2) is 49.4 Å². The van der Waals surface area contributed by atoms with Crippen molar-refractivity contribution in [2.45, 2.75) is 45.2 Å². The van der Waals surface area contributed by atoms with E-state index < -0.39 is 15.9 Å². The number of sulfone groups is 1. The largest absolute Gasteiger partial charge is 0.337 e. The molecule has 1 aliphatic heterocycles. The minimum atomic E-state index is -2.98. The molecule has 0 spiro atoms. The van der Waals surface area contributed by atoms with Gasteiger partial charge in [0.05, 0.1) is 17.5 Å². The third-order valence-electron chi connectivity index (χ3n) is 3.14. The molecule has 100 valence electrons. The molecule has 6 heteroatoms. The highest BCUT2D eigenvalue weighted by atomic mass is 32.2. The molecule has 1 saturated heterocycles. The molecule has 1 heterocycles. The number of unbranched alkanes of at least 4 members (excludes halogenated alkanes) is 1. The molecule has 0 aromatic heterocycles. The highest BCUT2D eigenvalue weighted by Gasteiger charge is 2.32. The van der Waals surface area contributed by atoms with Crippen molar-refractivity contribution >= 4 is 15.7 Å². The van der Waals surface area contributed by atoms with Crippen LogP contribution in [-0.2, 0) is 14.6 Å². The summed E-state index contributed by atoms with van der Waals surface area (Å²) in [5, 5.41) is 0. The van der Waals surface area contributed by atoms with Gasteiger partial charge in [0.25, 0.3) is 0 Å². The fourth-order valence-electron chi connectivity index (χ4n) is 2.09. The van der Waals surface area contributed by atoms with E-state index in [1.54, 1.807) is 11.8 Å². The molecule has 2 atom stereocenters. The summed E-state index contributed by atoms with van der Waals surface area (Å²) in [6.07, 6.45) is 2.60. The average molecular weight is 262 g/mol. The van der Waals surface area contributed by atoms with E-state index in [0.717, 1.165) is 12.8 Å². The van der Waals surface area contributed by atoms with Crippen molar-refractivity contribution < 1.29 is 13.2 Å². The van der Waals surface area contributed by atoms with Gasteiger partial charge in [0.1, 0.15) is 0 Å². The third kappa shape index (κ3) is 3.96. The summed E-state index contributed by atoms with van der Waals surface area (Å²) in [7, 11) is -2.98. The Hall–Kier alpha value is -0.620. The van der Waals surface area contributed by atoms with Crippen LogP contribution in [0.25, 0.3) is 0 Å². The standard InChI is InChI=1S/C11H22N2O3S/c1-3-4-5-10(12)11(14)13-6-7-17(15,16)8-9(13)2/h9-10H,3-8,12H2,1-2H3. The van der Waals surface area contributed by atoms with Crippen molar-refractivity contribution in [2.75, 3.05) is 18.1 Å². The second-order valence-corrected chi connectivity index (χ2v) is 6.97. The molecule has 17 heavy (non-hydrogen) atoms. The molecule has 5 nitrogen and oxygen atoms in total. The van der Waals surface area contributed by atoms with Gasteiger partial charge < -0.3 is 10.6 Å². The second-order valence-electron chi connectivity index (χ2n) is 4.74. The first kappa shape index (κ1) is 14.4. The number of rotatable bonds is 4. The summed E-state index contributed by atoms with van der Waals surface area (Å²) in [5.74, 6) is 0.00358. The van der Waals surface area contributed by atoms with E-state index in [-0.39, 0.29) is 30.0 Å². The molecule has 2 unspecified atom stereocenters. The van der Waals surface area contributed by atoms with Gasteiger partial charge >= 0.3 is 0 Å². The van der Waals surface area contributed by atoms with E-state index >= 15 is 0 Å². The SMILES string of the molecule is CCCCC(N)C(=O)N1CCS(=O)(=O)CC1C. The van der Waals surface area contributed by atoms with E-state index in [1.165, 1.54) is 0 Å². The van der Waals surface area contributed by atoms with Crippen LogP contribution in [0.3, 0.4) is 0 Å². The van der Waals surface area contributed by atoms with Gasteiger partial charge in [0.2, 0.25) is 5.91 Å². The number of nitrogens with two attached hydrogens (primary N) is 1. The fraction of sp³-hybridized carbons (Fsp3) is 0.909. The first-order chi connectivity index (χ1) is 7.87. The zero-order valence-electron chi connectivity index (χ0n) is 10.6. The number of hydrogen-bond acceptors (Lipinski definition) is 4. The molecule has 1 amide bonds. The van der Waals surface area contributed by atoms with Crippen molar-refractivity contribution in [3.63, 3.8) is 0 Å². The lowest BCUT2D eigenvalue weighted by Crippen LogP contribution is -2.54. The normalized spacial score (nSPS) is 25.6. The van der Waals surface area contributed by atoms with Crippen molar-refractivity contribution in [2.24, 2.45) is 5.73 Å². The van der Waals surface area contributed by atoms with Gasteiger partial charge in [-0.25, -0.2) is 8.42 Å². The topological polar surface area (TPSA) is 80.5 Å². The third-order valence-corrected chi connectivity index (χ3v) is 4.93. The highest BCUT2D eigenvalue weighted by Crippen LogP contribution is 2.13. The van der Waals surface area contributed by atoms with Crippen LogP contribution >= 0.6 is 0 Å². The van der Waals surface area contributed by atoms with Crippen LogP contribution in [0.2, 0.25) is 0 Å². The Kier molecular flexibility index (Phi) is 4.94. The quantitative estimate of drug-likeness (QED) is 0.782. The fourth-order valence-corrected chi connectivity index (χ4v) is 3.64. The van der Waals surface area contributed by atoms with E-state index in [1.807, 2.05) is 6.92 Å². The van der Waals surface area contributed by atoms with Gasteiger partial charge in [0.15, 0.2) is 9.84 Å². The Morgan fingerprint density at radius 2 is 2.18 bits per heavy atom. The lowest BCUT2D eigenvalue weighted by molar-refractivity contribution is -0.134. The lowest BCUT2D eigenvalue weighted by atomic mass is 10.1. The number of amides is 1. The molecule has 0 aromatic rings. The molecule has 1 aliphatic rings. The summed E-state index contributed by atoms with van der Waals surface area (Å²) in [6.45, 7) is 4.09. The number of hydrogen-bond donors (Lipinski definition) is 1. The molecule has 2 N–H and O–H groups in total. The van der Waals surface area contributed by atoms with Gasteiger partial charge in [-0.05, 0) is 13.3 Å². The van der Waals surface area contributed by atoms with Crippen LogP contribution in [0.15, 0.2) is 0 Å². The summed E-state index contributed by atoms with van der Waals surface area (Å²) < 4.78 is 22.8. The van der Waals surface area contributed by atoms with Crippen molar-refractivity contribution in [3.8, 4) is 0 Å². The van der Waals surface area contributed by atoms with Crippen molar-refractivity contribution in [1.29, 1.82) is 0 Å². The molecule has 0 aromatic carbocycles. The Morgan fingerprint density at radius 3 is 2.71 bits per heavy atom. The van der Waals surface area contributed by atoms with E-state index in [2.05, 4.69) is 0 Å². The Morgan fingerprint density at radius 1 is 1.53 bits per heavy atom. The molecular formula is C11H22N2O3S. The maximum Gasteiger partial charge on any atom is 0.239 e. The summed E-state index contributed by atoms with van der Waals surface area (Å²) in [6, 6.07) is -0.743. The molecule has 0 saturated carbocycles. The maximum atomic E-state index is 12.0. The van der Waals surface area contributed by atoms with Crippen molar-refractivity contribution in [1.82, 2.24) is 4.90 Å². The van der Waals surface area contributed by atoms with Gasteiger partial charge in [0, 0.05) is 12.6 Å². The van der Waals surface area contributed by atoms with Crippen LogP contribution in [0.1, 0.15) is 33.1 Å². The lowest BCUT2D eigenvalue weighted by Gasteiger charge is -2.34. The summed E-state index contributed by atoms with van der Waals surface area (Å²) in [5.41, 5.74) is 5.82. The minimum Gasteiger partial charge on any atom is -0.337 e. The van der Waals surface area contributed by atoms with Crippen LogP contribution < -0.4 is 5.73 Å². The van der Waals surface area contributed by atoms with Crippen LogP contribution in [0, 0.1) is 0 Å². The summed E-state index contributed by atoms with van der Waals surface area (Å²) >= 11 is 0. The second kappa shape index (κ2) is 5.82. The van der Waals surface area contributed by atoms with Crippen LogP contribution in [0.4, 0.5) is 0 Å². The van der Waals surface area contributed by atoms with Gasteiger partial charge in [-0.3, -0.25) is 4.79 Å². The Bertz CT molecular complexity index is 367. The number of nitrogens with zero attached hydrogens (tertiary/aromatic N) is 1. The molecule has 0 bridgehead atoms. The monoisotopic (exact) mass is 262 g/mol. The molecule has 0 aliphatic carbocycles. The number of carbonyl (C=O) groups is 1. The highest BCUT2D eigenvalue weighted by molar-refractivity contribution is 7.91. The molecule has 1 fully saturated rings. The zero-order chi connectivity index (χ0) is 13.1. The van der Waals surface area contributed by atoms with E-state index in [4.69, 9.17) is 5.73 Å². The van der Waals surface area contributed by atoms with E-state index in [9.17, 15) is 13.2 Å². The first-order valence-electron chi connectivity index (χ1n) is 6.14. The van der Waals surface area contributed by atoms with Gasteiger partial charge in [-0.2, -0.15) is 0 Å². The van der Waals surface area contributed by atoms with Crippen LogP contribution in [0.5, 0.6) is 0 Å². The Balaban J connectivity index is 2.58. The zero-order valence-corrected chi connectivity index (χ0v) is 11.4. The smallest absolute Gasteiger partial charge is 0.239 e. The van der Waals surface area contributed by atoms with E-state index in [0.29, 0.717) is 6.42 Å². The molecule has 1 rings (SSSR count). The maximum absolute atomic E-state index is 12.0. The average Bonchev–Trinajstić information content (AvgIpc) is 2.23. The first-order valence-corrected chi connectivity index (χ1v) is 7.96. The molecular weight excluding hydrogens is 240 g/mol. The summed E-state index contributed by atoms with van der Waals surface area (Å²) in [4.78, 5) is 13.6. The van der Waals surface area contributed by atoms with Crippen molar-refractivity contribution in [3.05, 3.63) is 0 Å².